The molecule has 1 saturated heterocycles. The Labute approximate surface area is 112 Å². The summed E-state index contributed by atoms with van der Waals surface area (Å²) in [5, 5.41) is 10.7. The molecular formula is C14H19FN2O2. The molecule has 0 aliphatic carbocycles. The van der Waals surface area contributed by atoms with Crippen LogP contribution in [0.15, 0.2) is 18.2 Å². The Morgan fingerprint density at radius 2 is 2.21 bits per heavy atom. The van der Waals surface area contributed by atoms with Gasteiger partial charge < -0.3 is 0 Å². The van der Waals surface area contributed by atoms with Crippen LogP contribution in [0.25, 0.3) is 0 Å². The lowest BCUT2D eigenvalue weighted by Crippen LogP contribution is -2.41. The third kappa shape index (κ3) is 2.92. The maximum Gasteiger partial charge on any atom is 0.305 e. The van der Waals surface area contributed by atoms with Crippen LogP contribution in [0.4, 0.5) is 10.1 Å². The number of piperidine rings is 1. The molecule has 0 N–H and O–H groups in total. The number of nitro benzene ring substituents is 1. The molecular weight excluding hydrogens is 247 g/mol. The van der Waals surface area contributed by atoms with Gasteiger partial charge in [0.15, 0.2) is 0 Å². The Morgan fingerprint density at radius 3 is 2.89 bits per heavy atom. The third-order valence-corrected chi connectivity index (χ3v) is 4.13. The van der Waals surface area contributed by atoms with Gasteiger partial charge >= 0.3 is 5.69 Å². The quantitative estimate of drug-likeness (QED) is 0.622. The van der Waals surface area contributed by atoms with Crippen LogP contribution in [0.5, 0.6) is 0 Å². The Balaban J connectivity index is 2.19. The summed E-state index contributed by atoms with van der Waals surface area (Å²) >= 11 is 0. The molecule has 1 aromatic carbocycles. The summed E-state index contributed by atoms with van der Waals surface area (Å²) in [7, 11) is 0. The van der Waals surface area contributed by atoms with Gasteiger partial charge in [0, 0.05) is 24.2 Å². The highest BCUT2D eigenvalue weighted by molar-refractivity contribution is 5.36. The molecule has 1 aliphatic heterocycles. The van der Waals surface area contributed by atoms with E-state index in [1.165, 1.54) is 12.5 Å². The van der Waals surface area contributed by atoms with Gasteiger partial charge in [0.25, 0.3) is 0 Å². The van der Waals surface area contributed by atoms with E-state index in [1.807, 2.05) is 0 Å². The number of rotatable bonds is 3. The molecule has 1 aromatic rings. The maximum atomic E-state index is 14.0. The number of hydrogen-bond acceptors (Lipinski definition) is 3. The molecule has 1 aliphatic rings. The largest absolute Gasteiger partial charge is 0.305 e. The summed E-state index contributed by atoms with van der Waals surface area (Å²) in [4.78, 5) is 12.3. The SMILES string of the molecule is CC1CCCN(Cc2cccc([N+](=O)[O-])c2F)C1C. The minimum absolute atomic E-state index is 0.382. The van der Waals surface area contributed by atoms with Gasteiger partial charge in [-0.15, -0.1) is 0 Å². The highest BCUT2D eigenvalue weighted by Gasteiger charge is 2.26. The Bertz CT molecular complexity index is 479. The highest BCUT2D eigenvalue weighted by Crippen LogP contribution is 2.27. The molecule has 4 nitrogen and oxygen atoms in total. The first-order valence-corrected chi connectivity index (χ1v) is 6.66. The predicted octanol–water partition coefficient (Wildman–Crippen LogP) is 3.35. The second-order valence-corrected chi connectivity index (χ2v) is 5.34. The molecule has 0 spiro atoms. The molecule has 0 aromatic heterocycles. The number of halogens is 1. The molecule has 2 unspecified atom stereocenters. The van der Waals surface area contributed by atoms with Gasteiger partial charge in [-0.3, -0.25) is 15.0 Å². The lowest BCUT2D eigenvalue weighted by atomic mass is 9.91. The summed E-state index contributed by atoms with van der Waals surface area (Å²) in [6.07, 6.45) is 2.29. The second kappa shape index (κ2) is 5.65. The second-order valence-electron chi connectivity index (χ2n) is 5.34. The molecule has 2 rings (SSSR count). The fraction of sp³-hybridized carbons (Fsp3) is 0.571. The normalized spacial score (nSPS) is 24.4. The van der Waals surface area contributed by atoms with Crippen LogP contribution in [-0.4, -0.2) is 22.4 Å². The lowest BCUT2D eigenvalue weighted by molar-refractivity contribution is -0.387. The van der Waals surface area contributed by atoms with E-state index in [2.05, 4.69) is 18.7 Å². The first-order chi connectivity index (χ1) is 9.00. The minimum Gasteiger partial charge on any atom is -0.296 e. The van der Waals surface area contributed by atoms with E-state index in [0.29, 0.717) is 24.1 Å². The fourth-order valence-corrected chi connectivity index (χ4v) is 2.69. The van der Waals surface area contributed by atoms with Gasteiger partial charge in [-0.25, -0.2) is 0 Å². The van der Waals surface area contributed by atoms with Crippen molar-refractivity contribution >= 4 is 5.69 Å². The van der Waals surface area contributed by atoms with Crippen molar-refractivity contribution in [2.24, 2.45) is 5.92 Å². The van der Waals surface area contributed by atoms with E-state index < -0.39 is 16.4 Å². The zero-order valence-electron chi connectivity index (χ0n) is 11.3. The number of benzene rings is 1. The molecule has 1 heterocycles. The molecule has 2 atom stereocenters. The van der Waals surface area contributed by atoms with Crippen molar-refractivity contribution in [3.8, 4) is 0 Å². The first-order valence-electron chi connectivity index (χ1n) is 6.66. The minimum atomic E-state index is -0.696. The standard InChI is InChI=1S/C14H19FN2O2/c1-10-5-4-8-16(11(10)2)9-12-6-3-7-13(14(12)15)17(18)19/h3,6-7,10-11H,4-5,8-9H2,1-2H3. The zero-order chi connectivity index (χ0) is 14.0. The van der Waals surface area contributed by atoms with E-state index in [9.17, 15) is 14.5 Å². The number of likely N-dealkylation sites (tertiary alicyclic amines) is 1. The van der Waals surface area contributed by atoms with Gasteiger partial charge in [-0.1, -0.05) is 19.1 Å². The average Bonchev–Trinajstić information content (AvgIpc) is 2.37. The molecule has 0 saturated carbocycles. The third-order valence-electron chi connectivity index (χ3n) is 4.13. The first kappa shape index (κ1) is 13.9. The lowest BCUT2D eigenvalue weighted by Gasteiger charge is -2.37. The van der Waals surface area contributed by atoms with Gasteiger partial charge in [0.1, 0.15) is 0 Å². The van der Waals surface area contributed by atoms with Crippen LogP contribution in [0, 0.1) is 21.8 Å². The van der Waals surface area contributed by atoms with Crippen molar-refractivity contribution in [1.29, 1.82) is 0 Å². The summed E-state index contributed by atoms with van der Waals surface area (Å²) in [5.74, 6) is -0.117. The van der Waals surface area contributed by atoms with E-state index in [4.69, 9.17) is 0 Å². The summed E-state index contributed by atoms with van der Waals surface area (Å²) in [6.45, 7) is 5.70. The van der Waals surface area contributed by atoms with Crippen molar-refractivity contribution < 1.29 is 9.31 Å². The summed E-state index contributed by atoms with van der Waals surface area (Å²) in [5.41, 5.74) is -0.0228. The number of hydrogen-bond donors (Lipinski definition) is 0. The Morgan fingerprint density at radius 1 is 1.47 bits per heavy atom. The van der Waals surface area contributed by atoms with Crippen LogP contribution in [0.1, 0.15) is 32.3 Å². The monoisotopic (exact) mass is 266 g/mol. The molecule has 19 heavy (non-hydrogen) atoms. The fourth-order valence-electron chi connectivity index (χ4n) is 2.69. The molecule has 104 valence electrons. The van der Waals surface area contributed by atoms with E-state index in [-0.39, 0.29) is 0 Å². The molecule has 0 radical (unpaired) electrons. The van der Waals surface area contributed by atoms with Gasteiger partial charge in [0.05, 0.1) is 4.92 Å². The van der Waals surface area contributed by atoms with Crippen molar-refractivity contribution in [2.75, 3.05) is 6.54 Å². The zero-order valence-corrected chi connectivity index (χ0v) is 11.3. The predicted molar refractivity (Wildman–Crippen MR) is 71.3 cm³/mol. The van der Waals surface area contributed by atoms with Crippen LogP contribution in [0.2, 0.25) is 0 Å². The van der Waals surface area contributed by atoms with Crippen LogP contribution < -0.4 is 0 Å². The Hall–Kier alpha value is -1.49. The van der Waals surface area contributed by atoms with Crippen LogP contribution >= 0.6 is 0 Å². The highest BCUT2D eigenvalue weighted by atomic mass is 19.1. The van der Waals surface area contributed by atoms with Crippen molar-refractivity contribution in [3.05, 3.63) is 39.7 Å². The van der Waals surface area contributed by atoms with E-state index in [0.717, 1.165) is 13.0 Å². The number of nitrogens with zero attached hydrogens (tertiary/aromatic N) is 2. The smallest absolute Gasteiger partial charge is 0.296 e. The topological polar surface area (TPSA) is 46.4 Å². The Kier molecular flexibility index (Phi) is 4.14. The van der Waals surface area contributed by atoms with E-state index in [1.54, 1.807) is 12.1 Å². The molecule has 5 heteroatoms. The summed E-state index contributed by atoms with van der Waals surface area (Å²) < 4.78 is 14.0. The molecule has 0 amide bonds. The van der Waals surface area contributed by atoms with Crippen molar-refractivity contribution in [2.45, 2.75) is 39.3 Å². The summed E-state index contributed by atoms with van der Waals surface area (Å²) in [6, 6.07) is 4.77. The van der Waals surface area contributed by atoms with Crippen LogP contribution in [-0.2, 0) is 6.54 Å². The molecule has 0 bridgehead atoms. The maximum absolute atomic E-state index is 14.0. The van der Waals surface area contributed by atoms with Gasteiger partial charge in [-0.05, 0) is 32.2 Å². The average molecular weight is 266 g/mol. The van der Waals surface area contributed by atoms with Crippen molar-refractivity contribution in [1.82, 2.24) is 4.90 Å². The number of nitro groups is 1. The van der Waals surface area contributed by atoms with Crippen molar-refractivity contribution in [3.63, 3.8) is 0 Å². The van der Waals surface area contributed by atoms with Gasteiger partial charge in [0.2, 0.25) is 5.82 Å². The van der Waals surface area contributed by atoms with E-state index >= 15 is 0 Å². The van der Waals surface area contributed by atoms with Crippen LogP contribution in [0.3, 0.4) is 0 Å². The van der Waals surface area contributed by atoms with Gasteiger partial charge in [-0.2, -0.15) is 4.39 Å². The molecule has 1 fully saturated rings.